The third kappa shape index (κ3) is 2.25. The number of nitrogens with zero attached hydrogens (tertiary/aromatic N) is 1. The van der Waals surface area contributed by atoms with Gasteiger partial charge < -0.3 is 0 Å². The molecule has 1 heterocycles. The summed E-state index contributed by atoms with van der Waals surface area (Å²) in [6, 6.07) is 15.6. The quantitative estimate of drug-likeness (QED) is 0.765. The van der Waals surface area contributed by atoms with E-state index in [1.165, 1.54) is 36.7 Å². The Bertz CT molecular complexity index is 489. The van der Waals surface area contributed by atoms with Gasteiger partial charge in [-0.2, -0.15) is 0 Å². The molecule has 0 N–H and O–H groups in total. The Balaban J connectivity index is 1.86. The molecule has 2 heteroatoms. The van der Waals surface area contributed by atoms with E-state index in [1.54, 1.807) is 3.61 Å². The summed E-state index contributed by atoms with van der Waals surface area (Å²) in [6.45, 7) is 2.66. The SMILES string of the molecule is c1ccc2cc([Te]N3CCCC3)ccc2c1. The van der Waals surface area contributed by atoms with Crippen LogP contribution in [0, 0.1) is 0 Å². The van der Waals surface area contributed by atoms with Gasteiger partial charge in [0.2, 0.25) is 0 Å². The van der Waals surface area contributed by atoms with E-state index in [9.17, 15) is 0 Å². The number of benzene rings is 2. The van der Waals surface area contributed by atoms with Crippen molar-refractivity contribution in [2.24, 2.45) is 0 Å². The van der Waals surface area contributed by atoms with E-state index in [0.29, 0.717) is 0 Å². The van der Waals surface area contributed by atoms with Crippen LogP contribution in [0.2, 0.25) is 0 Å². The van der Waals surface area contributed by atoms with Crippen LogP contribution in [0.1, 0.15) is 12.8 Å². The van der Waals surface area contributed by atoms with Crippen LogP contribution in [0.25, 0.3) is 10.8 Å². The van der Waals surface area contributed by atoms with Crippen LogP contribution in [0.5, 0.6) is 0 Å². The molecule has 1 aliphatic rings. The number of hydrogen-bond donors (Lipinski definition) is 0. The zero-order valence-electron chi connectivity index (χ0n) is 9.23. The van der Waals surface area contributed by atoms with Gasteiger partial charge in [-0.3, -0.25) is 0 Å². The van der Waals surface area contributed by atoms with Gasteiger partial charge in [-0.1, -0.05) is 0 Å². The summed E-state index contributed by atoms with van der Waals surface area (Å²) in [5.74, 6) is 0. The normalized spacial score (nSPS) is 17.0. The first-order valence-electron chi connectivity index (χ1n) is 5.83. The molecule has 3 rings (SSSR count). The van der Waals surface area contributed by atoms with Gasteiger partial charge in [0, 0.05) is 0 Å². The molecule has 0 amide bonds. The van der Waals surface area contributed by atoms with E-state index in [-0.39, 0.29) is 21.2 Å². The van der Waals surface area contributed by atoms with Crippen molar-refractivity contribution in [1.29, 1.82) is 0 Å². The Morgan fingerprint density at radius 1 is 0.875 bits per heavy atom. The van der Waals surface area contributed by atoms with Crippen LogP contribution in [-0.2, 0) is 0 Å². The predicted octanol–water partition coefficient (Wildman–Crippen LogP) is 2.18. The van der Waals surface area contributed by atoms with E-state index in [0.717, 1.165) is 0 Å². The van der Waals surface area contributed by atoms with Crippen LogP contribution in [-0.4, -0.2) is 37.4 Å². The minimum absolute atomic E-state index is 0.106. The van der Waals surface area contributed by atoms with Crippen molar-refractivity contribution in [2.45, 2.75) is 12.8 Å². The van der Waals surface area contributed by atoms with E-state index in [2.05, 4.69) is 45.6 Å². The molecule has 0 atom stereocenters. The molecule has 82 valence electrons. The number of rotatable bonds is 2. The molecule has 0 aliphatic carbocycles. The van der Waals surface area contributed by atoms with Gasteiger partial charge >= 0.3 is 107 Å². The first kappa shape index (κ1) is 10.6. The second-order valence-corrected chi connectivity index (χ2v) is 7.58. The fraction of sp³-hybridized carbons (Fsp3) is 0.286. The molecule has 0 aromatic heterocycles. The van der Waals surface area contributed by atoms with Gasteiger partial charge in [-0.25, -0.2) is 0 Å². The zero-order chi connectivity index (χ0) is 10.8. The monoisotopic (exact) mass is 327 g/mol. The average molecular weight is 325 g/mol. The van der Waals surface area contributed by atoms with E-state index >= 15 is 0 Å². The fourth-order valence-electron chi connectivity index (χ4n) is 2.15. The predicted molar refractivity (Wildman–Crippen MR) is 70.1 cm³/mol. The van der Waals surface area contributed by atoms with Crippen LogP contribution in [0.3, 0.4) is 0 Å². The van der Waals surface area contributed by atoms with Crippen molar-refractivity contribution in [2.75, 3.05) is 13.1 Å². The van der Waals surface area contributed by atoms with Crippen molar-refractivity contribution in [1.82, 2.24) is 3.15 Å². The third-order valence-electron chi connectivity index (χ3n) is 3.02. The summed E-state index contributed by atoms with van der Waals surface area (Å²) in [4.78, 5) is 0. The average Bonchev–Trinajstić information content (AvgIpc) is 2.82. The number of hydrogen-bond acceptors (Lipinski definition) is 1. The molecular weight excluding hydrogens is 310 g/mol. The molecule has 0 saturated carbocycles. The zero-order valence-corrected chi connectivity index (χ0v) is 11.6. The second kappa shape index (κ2) is 4.75. The van der Waals surface area contributed by atoms with Crippen molar-refractivity contribution in [3.05, 3.63) is 42.5 Å². The van der Waals surface area contributed by atoms with Crippen LogP contribution in [0.4, 0.5) is 0 Å². The minimum atomic E-state index is -0.106. The Labute approximate surface area is 107 Å². The van der Waals surface area contributed by atoms with Gasteiger partial charge in [0.1, 0.15) is 0 Å². The van der Waals surface area contributed by atoms with Crippen LogP contribution >= 0.6 is 0 Å². The number of fused-ring (bicyclic) bond motifs is 1. The van der Waals surface area contributed by atoms with Crippen molar-refractivity contribution >= 4 is 35.6 Å². The summed E-state index contributed by atoms with van der Waals surface area (Å²) in [5, 5.41) is 2.75. The molecule has 0 bridgehead atoms. The first-order chi connectivity index (χ1) is 7.92. The molecule has 0 radical (unpaired) electrons. The van der Waals surface area contributed by atoms with Gasteiger partial charge in [-0.05, 0) is 0 Å². The molecule has 1 nitrogen and oxygen atoms in total. The van der Waals surface area contributed by atoms with Crippen LogP contribution in [0.15, 0.2) is 42.5 Å². The topological polar surface area (TPSA) is 3.24 Å². The van der Waals surface area contributed by atoms with E-state index in [1.807, 2.05) is 0 Å². The summed E-state index contributed by atoms with van der Waals surface area (Å²) in [5.41, 5.74) is 0. The Kier molecular flexibility index (Phi) is 3.15. The van der Waals surface area contributed by atoms with Gasteiger partial charge in [-0.15, -0.1) is 0 Å². The maximum absolute atomic E-state index is 2.68. The summed E-state index contributed by atoms with van der Waals surface area (Å²) in [7, 11) is 0. The Hall–Kier alpha value is -0.550. The molecule has 1 aliphatic heterocycles. The maximum atomic E-state index is 2.68. The molecular formula is C14H15NTe. The molecule has 16 heavy (non-hydrogen) atoms. The van der Waals surface area contributed by atoms with Crippen molar-refractivity contribution in [3.63, 3.8) is 0 Å². The molecule has 1 saturated heterocycles. The summed E-state index contributed by atoms with van der Waals surface area (Å²) < 4.78 is 4.25. The molecule has 1 fully saturated rings. The van der Waals surface area contributed by atoms with E-state index < -0.39 is 0 Å². The fourth-order valence-corrected chi connectivity index (χ4v) is 5.14. The van der Waals surface area contributed by atoms with Crippen molar-refractivity contribution < 1.29 is 0 Å². The Morgan fingerprint density at radius 2 is 1.62 bits per heavy atom. The molecule has 2 aromatic carbocycles. The van der Waals surface area contributed by atoms with Crippen LogP contribution < -0.4 is 3.61 Å². The Morgan fingerprint density at radius 3 is 2.44 bits per heavy atom. The van der Waals surface area contributed by atoms with E-state index in [4.69, 9.17) is 0 Å². The standard InChI is InChI=1S/C14H15NTe/c1-2-6-13-11-14(8-7-12(13)5-1)16-15-9-3-4-10-15/h1-2,5-8,11H,3-4,9-10H2. The molecule has 2 aromatic rings. The molecule has 0 spiro atoms. The summed E-state index contributed by atoms with van der Waals surface area (Å²) >= 11 is -0.106. The summed E-state index contributed by atoms with van der Waals surface area (Å²) in [6.07, 6.45) is 2.80. The molecule has 0 unspecified atom stereocenters. The van der Waals surface area contributed by atoms with Gasteiger partial charge in [0.05, 0.1) is 0 Å². The third-order valence-corrected chi connectivity index (χ3v) is 6.13. The van der Waals surface area contributed by atoms with Gasteiger partial charge in [0.25, 0.3) is 0 Å². The van der Waals surface area contributed by atoms with Crippen molar-refractivity contribution in [3.8, 4) is 0 Å². The van der Waals surface area contributed by atoms with Gasteiger partial charge in [0.15, 0.2) is 0 Å². The first-order valence-corrected chi connectivity index (χ1v) is 8.04. The second-order valence-electron chi connectivity index (χ2n) is 4.24.